The van der Waals surface area contributed by atoms with Crippen LogP contribution in [0, 0.1) is 5.82 Å². The van der Waals surface area contributed by atoms with Crippen LogP contribution in [0.3, 0.4) is 0 Å². The van der Waals surface area contributed by atoms with Gasteiger partial charge in [0.15, 0.2) is 0 Å². The van der Waals surface area contributed by atoms with Crippen LogP contribution >= 0.6 is 27.7 Å². The van der Waals surface area contributed by atoms with Gasteiger partial charge in [-0.2, -0.15) is 0 Å². The van der Waals surface area contributed by atoms with Crippen molar-refractivity contribution in [3.05, 3.63) is 46.1 Å². The van der Waals surface area contributed by atoms with Crippen LogP contribution in [0.25, 0.3) is 0 Å². The molecule has 2 N–H and O–H groups in total. The SMILES string of the molecule is CCCc1nc(CSc2ccccc2F)nc(N)c1Br. The van der Waals surface area contributed by atoms with Crippen molar-refractivity contribution >= 4 is 33.5 Å². The van der Waals surface area contributed by atoms with Gasteiger partial charge in [0.1, 0.15) is 17.5 Å². The summed E-state index contributed by atoms with van der Waals surface area (Å²) in [4.78, 5) is 9.32. The molecule has 3 nitrogen and oxygen atoms in total. The number of rotatable bonds is 5. The van der Waals surface area contributed by atoms with Crippen molar-refractivity contribution in [2.45, 2.75) is 30.4 Å². The lowest BCUT2D eigenvalue weighted by Gasteiger charge is -2.08. The molecular weight excluding hydrogens is 341 g/mol. The van der Waals surface area contributed by atoms with Gasteiger partial charge < -0.3 is 5.73 Å². The molecule has 0 amide bonds. The van der Waals surface area contributed by atoms with Gasteiger partial charge in [0.2, 0.25) is 0 Å². The summed E-state index contributed by atoms with van der Waals surface area (Å²) in [6.07, 6.45) is 1.82. The molecule has 0 aliphatic heterocycles. The molecule has 1 aromatic heterocycles. The molecule has 2 aromatic rings. The Bertz CT molecular complexity index is 607. The van der Waals surface area contributed by atoms with Crippen LogP contribution in [0.5, 0.6) is 0 Å². The zero-order valence-corrected chi connectivity index (χ0v) is 13.5. The number of hydrogen-bond donors (Lipinski definition) is 1. The molecule has 1 aromatic carbocycles. The summed E-state index contributed by atoms with van der Waals surface area (Å²) in [5.41, 5.74) is 6.78. The quantitative estimate of drug-likeness (QED) is 0.816. The lowest BCUT2D eigenvalue weighted by Crippen LogP contribution is -2.04. The first-order valence-corrected chi connectivity index (χ1v) is 8.07. The fourth-order valence-electron chi connectivity index (χ4n) is 1.74. The van der Waals surface area contributed by atoms with Gasteiger partial charge in [-0.05, 0) is 34.5 Å². The molecule has 0 saturated carbocycles. The number of aryl methyl sites for hydroxylation is 1. The summed E-state index contributed by atoms with van der Waals surface area (Å²) in [5.74, 6) is 1.33. The standard InChI is InChI=1S/C14H15BrFN3S/c1-2-5-10-13(15)14(17)19-12(18-10)8-20-11-7-4-3-6-9(11)16/h3-4,6-7H,2,5,8H2,1H3,(H2,17,18,19). The van der Waals surface area contributed by atoms with E-state index in [0.717, 1.165) is 23.0 Å². The molecular formula is C14H15BrFN3S. The minimum atomic E-state index is -0.226. The summed E-state index contributed by atoms with van der Waals surface area (Å²) in [7, 11) is 0. The van der Waals surface area contributed by atoms with E-state index < -0.39 is 0 Å². The molecule has 20 heavy (non-hydrogen) atoms. The number of anilines is 1. The van der Waals surface area contributed by atoms with E-state index in [1.165, 1.54) is 17.8 Å². The van der Waals surface area contributed by atoms with Crippen molar-refractivity contribution in [1.29, 1.82) is 0 Å². The monoisotopic (exact) mass is 355 g/mol. The number of aromatic nitrogens is 2. The number of thioether (sulfide) groups is 1. The van der Waals surface area contributed by atoms with Gasteiger partial charge >= 0.3 is 0 Å². The minimum absolute atomic E-state index is 0.226. The number of benzene rings is 1. The van der Waals surface area contributed by atoms with Gasteiger partial charge in [-0.3, -0.25) is 0 Å². The third-order valence-corrected chi connectivity index (χ3v) is 4.58. The van der Waals surface area contributed by atoms with E-state index >= 15 is 0 Å². The molecule has 0 atom stereocenters. The minimum Gasteiger partial charge on any atom is -0.383 e. The summed E-state index contributed by atoms with van der Waals surface area (Å²) in [5, 5.41) is 0. The smallest absolute Gasteiger partial charge is 0.141 e. The molecule has 106 valence electrons. The second-order valence-corrected chi connectivity index (χ2v) is 6.07. The predicted molar refractivity (Wildman–Crippen MR) is 84.1 cm³/mol. The zero-order valence-electron chi connectivity index (χ0n) is 11.1. The topological polar surface area (TPSA) is 51.8 Å². The van der Waals surface area contributed by atoms with Crippen LogP contribution in [-0.2, 0) is 12.2 Å². The number of hydrogen-bond acceptors (Lipinski definition) is 4. The van der Waals surface area contributed by atoms with E-state index in [9.17, 15) is 4.39 Å². The lowest BCUT2D eigenvalue weighted by atomic mass is 10.2. The first kappa shape index (κ1) is 15.3. The summed E-state index contributed by atoms with van der Waals surface area (Å²) in [6, 6.07) is 6.68. The van der Waals surface area contributed by atoms with Crippen molar-refractivity contribution in [3.8, 4) is 0 Å². The van der Waals surface area contributed by atoms with Gasteiger partial charge in [-0.15, -0.1) is 11.8 Å². The third-order valence-electron chi connectivity index (χ3n) is 2.67. The predicted octanol–water partition coefficient (Wildman–Crippen LogP) is 4.21. The number of nitrogens with two attached hydrogens (primary N) is 1. The Labute approximate surface area is 130 Å². The molecule has 0 saturated heterocycles. The molecule has 6 heteroatoms. The Morgan fingerprint density at radius 2 is 2.05 bits per heavy atom. The normalized spacial score (nSPS) is 10.8. The van der Waals surface area contributed by atoms with Crippen molar-refractivity contribution in [2.75, 3.05) is 5.73 Å². The van der Waals surface area contributed by atoms with Crippen molar-refractivity contribution in [3.63, 3.8) is 0 Å². The highest BCUT2D eigenvalue weighted by molar-refractivity contribution is 9.10. The maximum Gasteiger partial charge on any atom is 0.141 e. The van der Waals surface area contributed by atoms with Crippen LogP contribution in [-0.4, -0.2) is 9.97 Å². The van der Waals surface area contributed by atoms with Gasteiger partial charge in [0, 0.05) is 4.90 Å². The molecule has 0 unspecified atom stereocenters. The Kier molecular flexibility index (Phi) is 5.37. The Morgan fingerprint density at radius 3 is 2.75 bits per heavy atom. The molecule has 1 heterocycles. The van der Waals surface area contributed by atoms with Gasteiger partial charge in [0.25, 0.3) is 0 Å². The van der Waals surface area contributed by atoms with Crippen LogP contribution < -0.4 is 5.73 Å². The lowest BCUT2D eigenvalue weighted by molar-refractivity contribution is 0.602. The molecule has 0 fully saturated rings. The first-order valence-electron chi connectivity index (χ1n) is 6.30. The summed E-state index contributed by atoms with van der Waals surface area (Å²) < 4.78 is 14.3. The maximum atomic E-state index is 13.5. The van der Waals surface area contributed by atoms with Crippen LogP contribution in [0.4, 0.5) is 10.2 Å². The Hall–Kier alpha value is -1.14. The van der Waals surface area contributed by atoms with Crippen LogP contribution in [0.2, 0.25) is 0 Å². The molecule has 2 rings (SSSR count). The average molecular weight is 356 g/mol. The second kappa shape index (κ2) is 7.04. The van der Waals surface area contributed by atoms with E-state index in [1.54, 1.807) is 12.1 Å². The van der Waals surface area contributed by atoms with Crippen LogP contribution in [0.15, 0.2) is 33.6 Å². The molecule has 0 aliphatic carbocycles. The number of halogens is 2. The first-order chi connectivity index (χ1) is 9.61. The fraction of sp³-hybridized carbons (Fsp3) is 0.286. The van der Waals surface area contributed by atoms with Crippen molar-refractivity contribution in [1.82, 2.24) is 9.97 Å². The molecule has 0 aliphatic rings. The zero-order chi connectivity index (χ0) is 14.5. The highest BCUT2D eigenvalue weighted by Crippen LogP contribution is 2.27. The summed E-state index contributed by atoms with van der Waals surface area (Å²) >= 11 is 4.78. The van der Waals surface area contributed by atoms with E-state index in [2.05, 4.69) is 32.8 Å². The molecule has 0 radical (unpaired) electrons. The highest BCUT2D eigenvalue weighted by atomic mass is 79.9. The number of nitrogen functional groups attached to an aromatic ring is 1. The summed E-state index contributed by atoms with van der Waals surface area (Å²) in [6.45, 7) is 2.08. The third kappa shape index (κ3) is 3.70. The molecule has 0 bridgehead atoms. The van der Waals surface area contributed by atoms with E-state index in [-0.39, 0.29) is 5.82 Å². The van der Waals surface area contributed by atoms with E-state index in [1.807, 2.05) is 6.07 Å². The van der Waals surface area contributed by atoms with E-state index in [0.29, 0.717) is 22.3 Å². The molecule has 0 spiro atoms. The number of nitrogens with zero attached hydrogens (tertiary/aromatic N) is 2. The van der Waals surface area contributed by atoms with Gasteiger partial charge in [-0.25, -0.2) is 14.4 Å². The second-order valence-electron chi connectivity index (χ2n) is 4.25. The largest absolute Gasteiger partial charge is 0.383 e. The fourth-order valence-corrected chi connectivity index (χ4v) is 2.91. The Balaban J connectivity index is 2.16. The maximum absolute atomic E-state index is 13.5. The van der Waals surface area contributed by atoms with Gasteiger partial charge in [0.05, 0.1) is 15.9 Å². The average Bonchev–Trinajstić information content (AvgIpc) is 2.43. The van der Waals surface area contributed by atoms with E-state index in [4.69, 9.17) is 5.73 Å². The van der Waals surface area contributed by atoms with Crippen molar-refractivity contribution < 1.29 is 4.39 Å². The Morgan fingerprint density at radius 1 is 1.30 bits per heavy atom. The van der Waals surface area contributed by atoms with Crippen LogP contribution in [0.1, 0.15) is 24.9 Å². The van der Waals surface area contributed by atoms with Crippen molar-refractivity contribution in [2.24, 2.45) is 0 Å². The van der Waals surface area contributed by atoms with Gasteiger partial charge in [-0.1, -0.05) is 25.5 Å². The highest BCUT2D eigenvalue weighted by Gasteiger charge is 2.10.